The smallest absolute Gasteiger partial charge is 0.320 e. The molecule has 0 aromatic heterocycles. The molecule has 0 fully saturated rings. The molecule has 0 saturated heterocycles. The van der Waals surface area contributed by atoms with Crippen LogP contribution in [0.1, 0.15) is 5.56 Å². The Kier molecular flexibility index (Phi) is 8.11. The van der Waals surface area contributed by atoms with Gasteiger partial charge in [0, 0.05) is 5.02 Å². The number of rotatable bonds is 4. The summed E-state index contributed by atoms with van der Waals surface area (Å²) in [5.41, 5.74) is 3.64. The van der Waals surface area contributed by atoms with E-state index in [1.54, 1.807) is 0 Å². The third kappa shape index (κ3) is 6.73. The zero-order valence-corrected chi connectivity index (χ0v) is 14.9. The van der Waals surface area contributed by atoms with E-state index in [1.165, 1.54) is 17.5 Å². The summed E-state index contributed by atoms with van der Waals surface area (Å²) in [6, 6.07) is 16.3. The Bertz CT molecular complexity index is 603. The van der Waals surface area contributed by atoms with Gasteiger partial charge < -0.3 is 15.2 Å². The number of amides is 1. The van der Waals surface area contributed by atoms with Crippen LogP contribution < -0.4 is 5.32 Å². The first-order valence-corrected chi connectivity index (χ1v) is 6.55. The van der Waals surface area contributed by atoms with Crippen LogP contribution in [0.15, 0.2) is 48.5 Å². The van der Waals surface area contributed by atoms with Gasteiger partial charge in [-0.15, -0.1) is 0 Å². The first-order valence-electron chi connectivity index (χ1n) is 6.17. The quantitative estimate of drug-likeness (QED) is 0.446. The number of carbonyl (C=O) groups is 1. The van der Waals surface area contributed by atoms with Crippen molar-refractivity contribution in [3.05, 3.63) is 59.1 Å². The number of carboxylic acid groups (broad SMARTS) is 1. The number of aryl methyl sites for hydroxylation is 1. The molecule has 0 saturated carbocycles. The van der Waals surface area contributed by atoms with E-state index in [1.807, 2.05) is 23.5 Å². The van der Waals surface area contributed by atoms with Crippen molar-refractivity contribution in [1.29, 1.82) is 0 Å². The average Bonchev–Trinajstić information content (AvgIpc) is 2.46. The number of carbonyl (C=O) groups excluding carboxylic acids is 1. The predicted molar refractivity (Wildman–Crippen MR) is 83.0 cm³/mol. The normalized spacial score (nSPS) is 8.82. The molecule has 0 unspecified atom stereocenters. The van der Waals surface area contributed by atoms with Crippen molar-refractivity contribution in [2.45, 2.75) is 6.92 Å². The summed E-state index contributed by atoms with van der Waals surface area (Å²) in [6.45, 7) is 1.73. The van der Waals surface area contributed by atoms with Gasteiger partial charge in [-0.1, -0.05) is 53.6 Å². The average molecular weight is 562 g/mol. The van der Waals surface area contributed by atoms with Crippen molar-refractivity contribution in [2.24, 2.45) is 0 Å². The SMILES string of the molecule is Cc1ccc(-c2cccc(Cl)c2)cc1.O=[C-]NCC(=O)O.[Fm]. The summed E-state index contributed by atoms with van der Waals surface area (Å²) < 4.78 is 0. The second-order valence-electron chi connectivity index (χ2n) is 4.23. The Hall–Kier alpha value is -3.33. The fourth-order valence-electron chi connectivity index (χ4n) is 1.53. The van der Waals surface area contributed by atoms with E-state index in [9.17, 15) is 9.59 Å². The number of hydrogen-bond acceptors (Lipinski definition) is 2. The summed E-state index contributed by atoms with van der Waals surface area (Å²) in [4.78, 5) is 18.7. The predicted octanol–water partition coefficient (Wildman–Crippen LogP) is 3.04. The molecule has 2 rings (SSSR count). The van der Waals surface area contributed by atoms with E-state index >= 15 is 0 Å². The first kappa shape index (κ1) is 18.7. The molecule has 0 radical (unpaired) electrons. The third-order valence-electron chi connectivity index (χ3n) is 2.52. The molecule has 1 amide bonds. The zero-order chi connectivity index (χ0) is 15.7. The number of aliphatic carboxylic acids is 1. The van der Waals surface area contributed by atoms with Crippen molar-refractivity contribution >= 4 is 24.0 Å². The van der Waals surface area contributed by atoms with Crippen LogP contribution in [0.2, 0.25) is 5.02 Å². The first-order chi connectivity index (χ1) is 10.0. The van der Waals surface area contributed by atoms with Crippen LogP contribution in [0, 0.1) is 6.92 Å². The summed E-state index contributed by atoms with van der Waals surface area (Å²) in [7, 11) is 0. The van der Waals surface area contributed by atoms with Crippen molar-refractivity contribution in [3.63, 3.8) is 0 Å². The topological polar surface area (TPSA) is 66.4 Å². The maximum absolute atomic E-state index is 9.52. The Morgan fingerprint density at radius 2 is 1.82 bits per heavy atom. The van der Waals surface area contributed by atoms with E-state index in [0.717, 1.165) is 10.6 Å². The molecule has 0 bridgehead atoms. The molecule has 6 heteroatoms. The molecule has 0 atom stereocenters. The Labute approximate surface area is 128 Å². The molecule has 122 valence electrons. The molecule has 2 N–H and O–H groups in total. The number of nitrogens with one attached hydrogen (secondary N) is 1. The molecule has 22 heavy (non-hydrogen) atoms. The fraction of sp³-hybridized carbons (Fsp3) is 0.125. The largest absolute Gasteiger partial charge is 0.521 e. The van der Waals surface area contributed by atoms with E-state index in [-0.39, 0.29) is 6.54 Å². The van der Waals surface area contributed by atoms with Gasteiger partial charge in [0.1, 0.15) is 0 Å². The van der Waals surface area contributed by atoms with Crippen molar-refractivity contribution < 1.29 is 14.7 Å². The summed E-state index contributed by atoms with van der Waals surface area (Å²) in [6.07, 6.45) is 1.22. The Morgan fingerprint density at radius 1 is 1.18 bits per heavy atom. The van der Waals surface area contributed by atoms with Gasteiger partial charge in [-0.25, -0.2) is 0 Å². The van der Waals surface area contributed by atoms with E-state index < -0.39 is 5.97 Å². The summed E-state index contributed by atoms with van der Waals surface area (Å²) >= 11 is 5.93. The maximum Gasteiger partial charge on any atom is 0.320 e. The number of benzene rings is 2. The van der Waals surface area contributed by atoms with Crippen LogP contribution in [-0.4, -0.2) is 24.0 Å². The minimum atomic E-state index is -1.07. The van der Waals surface area contributed by atoms with Gasteiger partial charge in [0.25, 0.3) is 0 Å². The van der Waals surface area contributed by atoms with Crippen LogP contribution in [-0.2, 0) is 9.59 Å². The van der Waals surface area contributed by atoms with Gasteiger partial charge >= 0.3 is 5.97 Å². The monoisotopic (exact) mass is 561 g/mol. The van der Waals surface area contributed by atoms with Gasteiger partial charge in [0.05, 0.1) is 6.54 Å². The van der Waals surface area contributed by atoms with Gasteiger partial charge in [0.15, 0.2) is 0 Å². The van der Waals surface area contributed by atoms with Gasteiger partial charge in [-0.3, -0.25) is 4.79 Å². The molecule has 4 nitrogen and oxygen atoms in total. The number of halogens is 1. The van der Waals surface area contributed by atoms with Gasteiger partial charge in [-0.05, 0) is 30.2 Å². The summed E-state index contributed by atoms with van der Waals surface area (Å²) in [5.74, 6) is -1.07. The molecule has 2 aromatic rings. The summed E-state index contributed by atoms with van der Waals surface area (Å²) in [5, 5.41) is 10.4. The minimum absolute atomic E-state index is 0. The fourth-order valence-corrected chi connectivity index (χ4v) is 1.72. The second-order valence-corrected chi connectivity index (χ2v) is 4.66. The molecule has 0 spiro atoms. The van der Waals surface area contributed by atoms with E-state index in [4.69, 9.17) is 16.7 Å². The number of carboxylic acids is 1. The molecule has 2 aromatic carbocycles. The minimum Gasteiger partial charge on any atom is -0.521 e. The van der Waals surface area contributed by atoms with Crippen LogP contribution in [0.4, 0.5) is 0 Å². The van der Waals surface area contributed by atoms with Crippen molar-refractivity contribution in [1.82, 2.24) is 5.32 Å². The van der Waals surface area contributed by atoms with Crippen LogP contribution in [0.25, 0.3) is 11.1 Å². The Balaban J connectivity index is 0.000000478. The molecular weight excluding hydrogens is 547 g/mol. The van der Waals surface area contributed by atoms with E-state index in [0.29, 0.717) is 0 Å². The van der Waals surface area contributed by atoms with Crippen LogP contribution in [0.5, 0.6) is 0 Å². The second kappa shape index (κ2) is 9.55. The molecule has 0 aliphatic rings. The van der Waals surface area contributed by atoms with Crippen molar-refractivity contribution in [2.75, 3.05) is 6.54 Å². The van der Waals surface area contributed by atoms with E-state index in [2.05, 4.69) is 37.3 Å². The third-order valence-corrected chi connectivity index (χ3v) is 2.76. The van der Waals surface area contributed by atoms with Gasteiger partial charge in [0.2, 0.25) is 0 Å². The van der Waals surface area contributed by atoms with Crippen molar-refractivity contribution in [3.8, 4) is 11.1 Å². The molecule has 0 aliphatic heterocycles. The molecule has 0 heterocycles. The molecule has 0 aliphatic carbocycles. The Morgan fingerprint density at radius 3 is 2.27 bits per heavy atom. The molecular formula is C16H15ClFmNO3-. The van der Waals surface area contributed by atoms with Crippen LogP contribution in [0.3, 0.4) is 0 Å². The number of hydrogen-bond donors (Lipinski definition) is 2. The maximum atomic E-state index is 9.52. The standard InChI is InChI=1S/C13H11Cl.C3H4NO3.Fm/c1-10-5-7-11(8-6-10)12-3-2-4-13(14)9-12;5-2-4-1-3(6)7;/h2-9H,1H3;1H2,(H,4,5)(H,6,7);/q;-1;. The zero-order valence-electron chi connectivity index (χ0n) is 11.8. The van der Waals surface area contributed by atoms with Crippen LogP contribution >= 0.6 is 11.6 Å². The van der Waals surface area contributed by atoms with Gasteiger partial charge in [-0.2, -0.15) is 6.41 Å².